The second-order valence-electron chi connectivity index (χ2n) is 4.10. The van der Waals surface area contributed by atoms with E-state index in [4.69, 9.17) is 10.5 Å². The van der Waals surface area contributed by atoms with Crippen LogP contribution in [0.25, 0.3) is 0 Å². The molecule has 0 saturated heterocycles. The molecule has 2 aromatic rings. The molecule has 0 aliphatic rings. The minimum absolute atomic E-state index is 0.283. The summed E-state index contributed by atoms with van der Waals surface area (Å²) >= 11 is 0. The fraction of sp³-hybridized carbons (Fsp3) is 0.143. The van der Waals surface area contributed by atoms with Crippen LogP contribution in [0, 0.1) is 6.92 Å². The Morgan fingerprint density at radius 1 is 1.32 bits per heavy atom. The molecule has 1 aromatic heterocycles. The first-order valence-electron chi connectivity index (χ1n) is 5.77. The van der Waals surface area contributed by atoms with Gasteiger partial charge in [0.05, 0.1) is 24.6 Å². The van der Waals surface area contributed by atoms with E-state index in [1.165, 1.54) is 7.11 Å². The second-order valence-corrected chi connectivity index (χ2v) is 4.10. The van der Waals surface area contributed by atoms with Crippen LogP contribution in [0.5, 0.6) is 5.75 Å². The summed E-state index contributed by atoms with van der Waals surface area (Å²) in [7, 11) is 1.51. The van der Waals surface area contributed by atoms with E-state index in [9.17, 15) is 4.79 Å². The van der Waals surface area contributed by atoms with Crippen LogP contribution in [0.1, 0.15) is 16.1 Å². The van der Waals surface area contributed by atoms with Gasteiger partial charge in [-0.05, 0) is 37.3 Å². The molecule has 1 amide bonds. The largest absolute Gasteiger partial charge is 0.496 e. The van der Waals surface area contributed by atoms with Crippen LogP contribution in [-0.4, -0.2) is 18.0 Å². The van der Waals surface area contributed by atoms with Crippen LogP contribution in [0.2, 0.25) is 0 Å². The van der Waals surface area contributed by atoms with Crippen molar-refractivity contribution in [3.05, 3.63) is 47.8 Å². The average Bonchev–Trinajstić information content (AvgIpc) is 2.41. The highest BCUT2D eigenvalue weighted by atomic mass is 16.5. The number of hydrogen-bond donors (Lipinski definition) is 2. The second kappa shape index (κ2) is 5.39. The lowest BCUT2D eigenvalue weighted by Gasteiger charge is -2.10. The van der Waals surface area contributed by atoms with Crippen LogP contribution in [-0.2, 0) is 0 Å². The van der Waals surface area contributed by atoms with Crippen molar-refractivity contribution in [1.29, 1.82) is 0 Å². The molecule has 0 bridgehead atoms. The summed E-state index contributed by atoms with van der Waals surface area (Å²) in [5.74, 6) is 0.196. The van der Waals surface area contributed by atoms with E-state index < -0.39 is 0 Å². The zero-order chi connectivity index (χ0) is 13.8. The lowest BCUT2D eigenvalue weighted by molar-refractivity contribution is 0.102. The summed E-state index contributed by atoms with van der Waals surface area (Å²) in [4.78, 5) is 16.3. The highest BCUT2D eigenvalue weighted by molar-refractivity contribution is 6.06. The molecule has 1 heterocycles. The summed E-state index contributed by atoms with van der Waals surface area (Å²) in [6.07, 6.45) is 1.60. The number of rotatable bonds is 3. The molecule has 0 aliphatic heterocycles. The van der Waals surface area contributed by atoms with Gasteiger partial charge in [-0.15, -0.1) is 0 Å². The normalized spacial score (nSPS) is 10.0. The summed E-state index contributed by atoms with van der Waals surface area (Å²) in [5, 5.41) is 2.75. The van der Waals surface area contributed by atoms with Gasteiger partial charge in [0, 0.05) is 11.4 Å². The van der Waals surface area contributed by atoms with Gasteiger partial charge in [-0.3, -0.25) is 9.78 Å². The van der Waals surface area contributed by atoms with Gasteiger partial charge >= 0.3 is 0 Å². The van der Waals surface area contributed by atoms with E-state index in [2.05, 4.69) is 10.3 Å². The number of nitrogens with zero attached hydrogens (tertiary/aromatic N) is 1. The molecule has 0 radical (unpaired) electrons. The zero-order valence-electron chi connectivity index (χ0n) is 10.8. The third kappa shape index (κ3) is 3.01. The average molecular weight is 257 g/mol. The van der Waals surface area contributed by atoms with Crippen LogP contribution in [0.4, 0.5) is 11.4 Å². The van der Waals surface area contributed by atoms with Crippen LogP contribution in [0.3, 0.4) is 0 Å². The molecule has 5 heteroatoms. The molecule has 1 aromatic carbocycles. The van der Waals surface area contributed by atoms with E-state index >= 15 is 0 Å². The Balaban J connectivity index is 2.24. The van der Waals surface area contributed by atoms with Crippen molar-refractivity contribution in [3.63, 3.8) is 0 Å². The lowest BCUT2D eigenvalue weighted by atomic mass is 10.1. The van der Waals surface area contributed by atoms with Crippen molar-refractivity contribution < 1.29 is 9.53 Å². The number of carbonyl (C=O) groups is 1. The molecular formula is C14H15N3O2. The number of nitrogens with two attached hydrogens (primary N) is 1. The molecule has 98 valence electrons. The van der Waals surface area contributed by atoms with Gasteiger partial charge in [0.2, 0.25) is 0 Å². The summed E-state index contributed by atoms with van der Waals surface area (Å²) in [6.45, 7) is 1.88. The van der Waals surface area contributed by atoms with Gasteiger partial charge in [0.15, 0.2) is 0 Å². The molecule has 0 aliphatic carbocycles. The number of carbonyl (C=O) groups excluding carboxylic acids is 1. The molecule has 0 saturated carbocycles. The number of hydrogen-bond acceptors (Lipinski definition) is 4. The maximum absolute atomic E-state index is 12.2. The number of methoxy groups -OCH3 is 1. The number of aromatic nitrogens is 1. The molecule has 0 unspecified atom stereocenters. The van der Waals surface area contributed by atoms with Crippen LogP contribution >= 0.6 is 0 Å². The molecule has 2 rings (SSSR count). The van der Waals surface area contributed by atoms with E-state index in [0.717, 1.165) is 5.69 Å². The maximum atomic E-state index is 12.2. The predicted molar refractivity (Wildman–Crippen MR) is 74.3 cm³/mol. The summed E-state index contributed by atoms with van der Waals surface area (Å²) in [6, 6.07) is 8.54. The number of nitrogens with one attached hydrogen (secondary N) is 1. The Morgan fingerprint density at radius 2 is 2.11 bits per heavy atom. The lowest BCUT2D eigenvalue weighted by Crippen LogP contribution is -2.13. The fourth-order valence-corrected chi connectivity index (χ4v) is 1.64. The topological polar surface area (TPSA) is 77.2 Å². The monoisotopic (exact) mass is 257 g/mol. The van der Waals surface area contributed by atoms with Gasteiger partial charge in [-0.25, -0.2) is 0 Å². The zero-order valence-corrected chi connectivity index (χ0v) is 10.8. The van der Waals surface area contributed by atoms with Gasteiger partial charge in [0.25, 0.3) is 5.91 Å². The number of aryl methyl sites for hydroxylation is 1. The minimum Gasteiger partial charge on any atom is -0.496 e. The third-order valence-electron chi connectivity index (χ3n) is 2.64. The van der Waals surface area contributed by atoms with Crippen molar-refractivity contribution in [1.82, 2.24) is 4.98 Å². The van der Waals surface area contributed by atoms with Crippen molar-refractivity contribution >= 4 is 17.3 Å². The number of nitrogen functional groups attached to an aromatic ring is 1. The first kappa shape index (κ1) is 12.9. The predicted octanol–water partition coefficient (Wildman–Crippen LogP) is 2.23. The number of benzene rings is 1. The van der Waals surface area contributed by atoms with Gasteiger partial charge < -0.3 is 15.8 Å². The number of anilines is 2. The van der Waals surface area contributed by atoms with E-state index in [1.54, 1.807) is 30.5 Å². The van der Waals surface area contributed by atoms with Crippen molar-refractivity contribution in [2.75, 3.05) is 18.2 Å². The van der Waals surface area contributed by atoms with E-state index in [0.29, 0.717) is 22.7 Å². The molecular weight excluding hydrogens is 242 g/mol. The smallest absolute Gasteiger partial charge is 0.259 e. The Labute approximate surface area is 111 Å². The molecule has 5 nitrogen and oxygen atoms in total. The molecule has 0 fully saturated rings. The van der Waals surface area contributed by atoms with Gasteiger partial charge in [0.1, 0.15) is 5.75 Å². The van der Waals surface area contributed by atoms with Gasteiger partial charge in [-0.2, -0.15) is 0 Å². The Morgan fingerprint density at radius 3 is 2.74 bits per heavy atom. The first-order valence-corrected chi connectivity index (χ1v) is 5.77. The summed E-state index contributed by atoms with van der Waals surface area (Å²) in [5.41, 5.74) is 8.10. The Kier molecular flexibility index (Phi) is 3.66. The Bertz CT molecular complexity index is 594. The van der Waals surface area contributed by atoms with Crippen molar-refractivity contribution in [2.45, 2.75) is 6.92 Å². The highest BCUT2D eigenvalue weighted by Gasteiger charge is 2.12. The fourth-order valence-electron chi connectivity index (χ4n) is 1.64. The quantitative estimate of drug-likeness (QED) is 0.827. The van der Waals surface area contributed by atoms with E-state index in [-0.39, 0.29) is 5.91 Å². The number of amides is 1. The number of pyridine rings is 1. The molecule has 0 spiro atoms. The molecule has 0 atom stereocenters. The minimum atomic E-state index is -0.283. The van der Waals surface area contributed by atoms with Gasteiger partial charge in [-0.1, -0.05) is 0 Å². The first-order chi connectivity index (χ1) is 9.10. The van der Waals surface area contributed by atoms with E-state index in [1.807, 2.05) is 13.0 Å². The SMILES string of the molecule is COc1ccc(N)cc1C(=O)Nc1ccc(C)nc1. The third-order valence-corrected chi connectivity index (χ3v) is 2.64. The molecule has 3 N–H and O–H groups in total. The van der Waals surface area contributed by atoms with Crippen LogP contribution in [0.15, 0.2) is 36.5 Å². The van der Waals surface area contributed by atoms with Crippen molar-refractivity contribution in [2.24, 2.45) is 0 Å². The van der Waals surface area contributed by atoms with Crippen molar-refractivity contribution in [3.8, 4) is 5.75 Å². The molecule has 19 heavy (non-hydrogen) atoms. The number of ether oxygens (including phenoxy) is 1. The Hall–Kier alpha value is -2.56. The maximum Gasteiger partial charge on any atom is 0.259 e. The van der Waals surface area contributed by atoms with Crippen LogP contribution < -0.4 is 15.8 Å². The standard InChI is InChI=1S/C14H15N3O2/c1-9-3-5-11(8-16-9)17-14(18)12-7-10(15)4-6-13(12)19-2/h3-8H,15H2,1-2H3,(H,17,18). The summed E-state index contributed by atoms with van der Waals surface area (Å²) < 4.78 is 5.15. The highest BCUT2D eigenvalue weighted by Crippen LogP contribution is 2.22.